The minimum absolute atomic E-state index is 0.0413. The molecule has 3 aromatic carbocycles. The van der Waals surface area contributed by atoms with E-state index >= 15 is 0 Å². The van der Waals surface area contributed by atoms with Crippen molar-refractivity contribution in [2.45, 2.75) is 26.2 Å². The molecule has 1 amide bonds. The number of carbonyl (C=O) groups is 2. The van der Waals surface area contributed by atoms with Gasteiger partial charge in [0.2, 0.25) is 10.0 Å². The number of aryl methyl sites for hydroxylation is 1. The van der Waals surface area contributed by atoms with Gasteiger partial charge < -0.3 is 14.8 Å². The fourth-order valence-corrected chi connectivity index (χ4v) is 8.02. The van der Waals surface area contributed by atoms with E-state index in [1.165, 1.54) is 0 Å². The highest BCUT2D eigenvalue weighted by atomic mass is 32.2. The van der Waals surface area contributed by atoms with Crippen LogP contribution in [0, 0.1) is 6.92 Å². The van der Waals surface area contributed by atoms with E-state index in [0.717, 1.165) is 11.1 Å². The van der Waals surface area contributed by atoms with Gasteiger partial charge in [0, 0.05) is 11.8 Å². The number of esters is 1. The zero-order chi connectivity index (χ0) is 29.0. The highest BCUT2D eigenvalue weighted by molar-refractivity contribution is 7.90. The molecule has 0 aliphatic carbocycles. The van der Waals surface area contributed by atoms with Gasteiger partial charge in [0.1, 0.15) is 18.9 Å². The Bertz CT molecular complexity index is 1400. The first kappa shape index (κ1) is 31.0. The predicted octanol–water partition coefficient (Wildman–Crippen LogP) is 3.60. The van der Waals surface area contributed by atoms with Crippen LogP contribution in [0.4, 0.5) is 4.79 Å². The molecule has 0 radical (unpaired) electrons. The van der Waals surface area contributed by atoms with Gasteiger partial charge in [-0.25, -0.2) is 13.2 Å². The zero-order valence-electron chi connectivity index (χ0n) is 22.4. The van der Waals surface area contributed by atoms with E-state index in [-0.39, 0.29) is 19.8 Å². The van der Waals surface area contributed by atoms with Crippen LogP contribution in [0.2, 0.25) is 0 Å². The number of carbonyl (C=O) groups excluding carboxylic acids is 2. The molecule has 214 valence electrons. The molecular formula is C28H34N3O7PS. The molecule has 0 saturated carbocycles. The smallest absolute Gasteiger partial charge is 0.407 e. The average Bonchev–Trinajstić information content (AvgIpc) is 2.95. The summed E-state index contributed by atoms with van der Waals surface area (Å²) in [6.07, 6.45) is -0.764. The average molecular weight is 588 g/mol. The van der Waals surface area contributed by atoms with Crippen LogP contribution in [0.1, 0.15) is 29.4 Å². The monoisotopic (exact) mass is 587 g/mol. The fourth-order valence-electron chi connectivity index (χ4n) is 3.77. The van der Waals surface area contributed by atoms with Crippen LogP contribution in [-0.2, 0) is 35.5 Å². The topological polar surface area (TPSA) is 140 Å². The molecule has 0 aliphatic rings. The molecule has 3 aromatic rings. The molecule has 2 atom stereocenters. The largest absolute Gasteiger partial charge is 0.465 e. The Morgan fingerprint density at radius 1 is 0.900 bits per heavy atom. The van der Waals surface area contributed by atoms with E-state index < -0.39 is 47.5 Å². The van der Waals surface area contributed by atoms with Crippen molar-refractivity contribution in [3.05, 3.63) is 102 Å². The van der Waals surface area contributed by atoms with Crippen molar-refractivity contribution in [3.8, 4) is 0 Å². The summed E-state index contributed by atoms with van der Waals surface area (Å²) in [7, 11) is -7.94. The van der Waals surface area contributed by atoms with Crippen molar-refractivity contribution in [2.75, 3.05) is 25.4 Å². The Morgan fingerprint density at radius 2 is 1.52 bits per heavy atom. The maximum atomic E-state index is 14.7. The van der Waals surface area contributed by atoms with Crippen LogP contribution >= 0.6 is 7.29 Å². The van der Waals surface area contributed by atoms with Gasteiger partial charge in [-0.05, 0) is 37.1 Å². The van der Waals surface area contributed by atoms with Gasteiger partial charge in [-0.1, -0.05) is 78.4 Å². The number of hydrogen-bond donors (Lipinski definition) is 3. The Hall–Kier alpha value is -3.50. The van der Waals surface area contributed by atoms with Crippen LogP contribution in [0.25, 0.3) is 0 Å². The van der Waals surface area contributed by atoms with Crippen LogP contribution in [0.15, 0.2) is 84.9 Å². The minimum Gasteiger partial charge on any atom is -0.465 e. The van der Waals surface area contributed by atoms with Gasteiger partial charge in [0.15, 0.2) is 7.29 Å². The molecule has 0 aliphatic heterocycles. The minimum atomic E-state index is -4.09. The summed E-state index contributed by atoms with van der Waals surface area (Å²) < 4.78 is 53.8. The molecule has 0 fully saturated rings. The highest BCUT2D eigenvalue weighted by Crippen LogP contribution is 2.53. The number of benzene rings is 3. The second kappa shape index (κ2) is 14.8. The quantitative estimate of drug-likeness (QED) is 0.192. The standard InChI is InChI=1S/C28H34N3O7PS/c1-3-37-26(32)20-30-39(34,25-16-14-22(2)15-17-25)27(24-12-8-5-9-13-24)31-40(35,36)19-18-29-28(33)38-21-23-10-6-4-7-11-23/h4-17,27,31H,3,18-21H2,1-2H3,(H,29,33)(H,30,34)/t27-,39?/m0/s1. The number of ether oxygens (including phenoxy) is 2. The lowest BCUT2D eigenvalue weighted by Crippen LogP contribution is -2.40. The summed E-state index contributed by atoms with van der Waals surface area (Å²) in [5.41, 5.74) is 2.14. The molecule has 0 aromatic heterocycles. The zero-order valence-corrected chi connectivity index (χ0v) is 24.1. The van der Waals surface area contributed by atoms with Crippen LogP contribution in [0.3, 0.4) is 0 Å². The van der Waals surface area contributed by atoms with E-state index in [9.17, 15) is 22.6 Å². The van der Waals surface area contributed by atoms with Crippen molar-refractivity contribution in [3.63, 3.8) is 0 Å². The summed E-state index contributed by atoms with van der Waals surface area (Å²) >= 11 is 0. The van der Waals surface area contributed by atoms with Crippen LogP contribution < -0.4 is 20.4 Å². The molecular weight excluding hydrogens is 553 g/mol. The first-order chi connectivity index (χ1) is 19.1. The Kier molecular flexibility index (Phi) is 11.5. The second-order valence-corrected chi connectivity index (χ2v) is 13.4. The Morgan fingerprint density at radius 3 is 2.15 bits per heavy atom. The molecule has 12 heteroatoms. The maximum Gasteiger partial charge on any atom is 0.407 e. The molecule has 0 spiro atoms. The molecule has 0 saturated heterocycles. The van der Waals surface area contributed by atoms with Gasteiger partial charge >= 0.3 is 12.1 Å². The molecule has 40 heavy (non-hydrogen) atoms. The maximum absolute atomic E-state index is 14.7. The third-order valence-corrected chi connectivity index (χ3v) is 10.2. The first-order valence-corrected chi connectivity index (χ1v) is 16.1. The third-order valence-electron chi connectivity index (χ3n) is 5.80. The van der Waals surface area contributed by atoms with Crippen molar-refractivity contribution in [1.29, 1.82) is 0 Å². The van der Waals surface area contributed by atoms with Crippen molar-refractivity contribution in [2.24, 2.45) is 0 Å². The van der Waals surface area contributed by atoms with E-state index in [1.807, 2.05) is 25.1 Å². The Labute approximate surface area is 235 Å². The lowest BCUT2D eigenvalue weighted by Gasteiger charge is -2.30. The summed E-state index contributed by atoms with van der Waals surface area (Å²) in [6, 6.07) is 24.3. The Balaban J connectivity index is 1.79. The van der Waals surface area contributed by atoms with Crippen LogP contribution in [0.5, 0.6) is 0 Å². The normalized spacial score (nSPS) is 13.6. The van der Waals surface area contributed by atoms with Gasteiger partial charge in [0.25, 0.3) is 0 Å². The molecule has 1 unspecified atom stereocenters. The molecule has 0 heterocycles. The van der Waals surface area contributed by atoms with Gasteiger partial charge in [-0.15, -0.1) is 0 Å². The highest BCUT2D eigenvalue weighted by Gasteiger charge is 2.39. The predicted molar refractivity (Wildman–Crippen MR) is 154 cm³/mol. The fraction of sp³-hybridized carbons (Fsp3) is 0.286. The third kappa shape index (κ3) is 9.31. The summed E-state index contributed by atoms with van der Waals surface area (Å²) in [5, 5.41) is 5.57. The van der Waals surface area contributed by atoms with Crippen molar-refractivity contribution >= 4 is 34.7 Å². The number of amides is 1. The number of nitrogens with one attached hydrogen (secondary N) is 3. The number of sulfonamides is 1. The molecule has 3 N–H and O–H groups in total. The number of alkyl carbamates (subject to hydrolysis) is 1. The van der Waals surface area contributed by atoms with E-state index in [4.69, 9.17) is 9.47 Å². The van der Waals surface area contributed by atoms with Crippen molar-refractivity contribution in [1.82, 2.24) is 15.1 Å². The van der Waals surface area contributed by atoms with E-state index in [2.05, 4.69) is 15.1 Å². The number of hydrogen-bond acceptors (Lipinski definition) is 7. The molecule has 10 nitrogen and oxygen atoms in total. The SMILES string of the molecule is CCOC(=O)CNP(=O)(c1ccc(C)cc1)[C@H](NS(=O)(=O)CCNC(=O)OCc1ccccc1)c1ccccc1. The number of rotatable bonds is 14. The second-order valence-electron chi connectivity index (χ2n) is 8.87. The van der Waals surface area contributed by atoms with Gasteiger partial charge in [-0.3, -0.25) is 14.4 Å². The van der Waals surface area contributed by atoms with Gasteiger partial charge in [-0.2, -0.15) is 4.72 Å². The first-order valence-electron chi connectivity index (χ1n) is 12.7. The van der Waals surface area contributed by atoms with Gasteiger partial charge in [0.05, 0.1) is 12.4 Å². The molecule has 3 rings (SSSR count). The summed E-state index contributed by atoms with van der Waals surface area (Å²) in [4.78, 5) is 24.2. The molecule has 0 bridgehead atoms. The lowest BCUT2D eigenvalue weighted by atomic mass is 10.2. The van der Waals surface area contributed by atoms with Crippen LogP contribution in [-0.4, -0.2) is 45.9 Å². The van der Waals surface area contributed by atoms with E-state index in [1.54, 1.807) is 73.7 Å². The van der Waals surface area contributed by atoms with Crippen molar-refractivity contribution < 1.29 is 32.0 Å². The van der Waals surface area contributed by atoms with E-state index in [0.29, 0.717) is 10.9 Å². The lowest BCUT2D eigenvalue weighted by molar-refractivity contribution is -0.141. The summed E-state index contributed by atoms with van der Waals surface area (Å²) in [6.45, 7) is 3.08. The summed E-state index contributed by atoms with van der Waals surface area (Å²) in [5.74, 6) is -2.37.